The number of carbonyl (C=O) groups is 1. The summed E-state index contributed by atoms with van der Waals surface area (Å²) in [6.45, 7) is 4.30. The van der Waals surface area contributed by atoms with Crippen molar-refractivity contribution >= 4 is 27.6 Å². The highest BCUT2D eigenvalue weighted by atomic mass is 79.9. The summed E-state index contributed by atoms with van der Waals surface area (Å²) in [5.74, 6) is -0.0189. The average molecular weight is 341 g/mol. The first-order valence-corrected chi connectivity index (χ1v) is 7.95. The van der Waals surface area contributed by atoms with Crippen LogP contribution in [0.15, 0.2) is 16.7 Å². The fourth-order valence-corrected chi connectivity index (χ4v) is 3.10. The number of ether oxygens (including phenoxy) is 1. The first kappa shape index (κ1) is 15.3. The number of nitrogens with one attached hydrogen (secondary N) is 1. The molecule has 1 saturated carbocycles. The third-order valence-electron chi connectivity index (χ3n) is 3.71. The summed E-state index contributed by atoms with van der Waals surface area (Å²) in [6, 6.07) is 4.28. The molecule has 1 fully saturated rings. The number of anilines is 1. The summed E-state index contributed by atoms with van der Waals surface area (Å²) in [5, 5.41) is 3.51. The number of hydrogen-bond donors (Lipinski definition) is 1. The molecule has 0 amide bonds. The van der Waals surface area contributed by atoms with Crippen LogP contribution in [-0.4, -0.2) is 23.6 Å². The Kier molecular flexibility index (Phi) is 5.40. The van der Waals surface area contributed by atoms with Crippen LogP contribution in [0.5, 0.6) is 0 Å². The lowest BCUT2D eigenvalue weighted by Crippen LogP contribution is -2.32. The van der Waals surface area contributed by atoms with Gasteiger partial charge in [0.15, 0.2) is 0 Å². The smallest absolute Gasteiger partial charge is 0.308 e. The van der Waals surface area contributed by atoms with Crippen LogP contribution >= 0.6 is 15.9 Å². The Bertz CT molecular complexity index is 479. The molecule has 1 heterocycles. The normalized spacial score (nSPS) is 22.4. The van der Waals surface area contributed by atoms with Crippen molar-refractivity contribution in [1.82, 2.24) is 4.98 Å². The Labute approximate surface area is 128 Å². The van der Waals surface area contributed by atoms with Crippen LogP contribution in [0.2, 0.25) is 0 Å². The summed E-state index contributed by atoms with van der Waals surface area (Å²) in [7, 11) is 0. The number of aromatic nitrogens is 1. The van der Waals surface area contributed by atoms with Crippen LogP contribution in [-0.2, 0) is 9.53 Å². The van der Waals surface area contributed by atoms with Crippen molar-refractivity contribution < 1.29 is 9.53 Å². The molecule has 5 heteroatoms. The molecular weight excluding hydrogens is 320 g/mol. The Hall–Kier alpha value is -1.10. The second-order valence-corrected chi connectivity index (χ2v) is 6.04. The van der Waals surface area contributed by atoms with Crippen molar-refractivity contribution in [3.63, 3.8) is 0 Å². The summed E-state index contributed by atoms with van der Waals surface area (Å²) in [5.41, 5.74) is 2.01. The van der Waals surface area contributed by atoms with E-state index in [4.69, 9.17) is 4.74 Å². The Morgan fingerprint density at radius 3 is 3.00 bits per heavy atom. The van der Waals surface area contributed by atoms with Crippen molar-refractivity contribution in [2.75, 3.05) is 11.9 Å². The monoisotopic (exact) mass is 340 g/mol. The number of nitrogens with zero attached hydrogens (tertiary/aromatic N) is 1. The molecule has 4 nitrogen and oxygen atoms in total. The molecule has 1 N–H and O–H groups in total. The second-order valence-electron chi connectivity index (χ2n) is 5.22. The van der Waals surface area contributed by atoms with Gasteiger partial charge in [-0.3, -0.25) is 4.79 Å². The van der Waals surface area contributed by atoms with Crippen LogP contribution in [0.3, 0.4) is 0 Å². The molecule has 2 atom stereocenters. The number of rotatable bonds is 4. The zero-order valence-electron chi connectivity index (χ0n) is 12.0. The van der Waals surface area contributed by atoms with E-state index in [0.29, 0.717) is 12.6 Å². The first-order chi connectivity index (χ1) is 9.60. The van der Waals surface area contributed by atoms with E-state index in [-0.39, 0.29) is 11.9 Å². The van der Waals surface area contributed by atoms with Crippen molar-refractivity contribution in [2.45, 2.75) is 45.6 Å². The van der Waals surface area contributed by atoms with Gasteiger partial charge in [0.1, 0.15) is 4.60 Å². The molecule has 0 aliphatic heterocycles. The van der Waals surface area contributed by atoms with Gasteiger partial charge in [-0.25, -0.2) is 4.98 Å². The molecule has 0 saturated heterocycles. The van der Waals surface area contributed by atoms with E-state index >= 15 is 0 Å². The van der Waals surface area contributed by atoms with Gasteiger partial charge in [0.2, 0.25) is 0 Å². The standard InChI is InChI=1S/C15H21BrN2O2/c1-3-20-15(19)11-5-4-6-12(9-11)18-13-7-8-14(16)17-10(13)2/h7-8,11-12,18H,3-6,9H2,1-2H3. The number of pyridine rings is 1. The van der Waals surface area contributed by atoms with Gasteiger partial charge in [-0.2, -0.15) is 0 Å². The lowest BCUT2D eigenvalue weighted by Gasteiger charge is -2.29. The lowest BCUT2D eigenvalue weighted by atomic mass is 9.85. The van der Waals surface area contributed by atoms with Crippen LogP contribution in [0.1, 0.15) is 38.3 Å². The quantitative estimate of drug-likeness (QED) is 0.670. The maximum atomic E-state index is 11.8. The van der Waals surface area contributed by atoms with Crippen molar-refractivity contribution in [1.29, 1.82) is 0 Å². The first-order valence-electron chi connectivity index (χ1n) is 7.16. The highest BCUT2D eigenvalue weighted by Crippen LogP contribution is 2.28. The zero-order valence-corrected chi connectivity index (χ0v) is 13.6. The molecule has 2 unspecified atom stereocenters. The molecule has 1 aliphatic carbocycles. The van der Waals surface area contributed by atoms with Crippen LogP contribution in [0.25, 0.3) is 0 Å². The van der Waals surface area contributed by atoms with E-state index in [1.165, 1.54) is 0 Å². The van der Waals surface area contributed by atoms with Crippen molar-refractivity contribution in [3.8, 4) is 0 Å². The molecule has 2 rings (SSSR count). The highest BCUT2D eigenvalue weighted by molar-refractivity contribution is 9.10. The third kappa shape index (κ3) is 3.95. The fraction of sp³-hybridized carbons (Fsp3) is 0.600. The second kappa shape index (κ2) is 7.07. The molecule has 1 aromatic rings. The van der Waals surface area contributed by atoms with E-state index < -0.39 is 0 Å². The minimum atomic E-state index is -0.0512. The predicted molar refractivity (Wildman–Crippen MR) is 82.7 cm³/mol. The third-order valence-corrected chi connectivity index (χ3v) is 4.15. The predicted octanol–water partition coefficient (Wildman–Crippen LogP) is 3.69. The van der Waals surface area contributed by atoms with Gasteiger partial charge in [-0.05, 0) is 61.2 Å². The zero-order chi connectivity index (χ0) is 14.5. The molecular formula is C15H21BrN2O2. The average Bonchev–Trinajstić information content (AvgIpc) is 2.43. The molecule has 110 valence electrons. The van der Waals surface area contributed by atoms with Gasteiger partial charge >= 0.3 is 5.97 Å². The number of esters is 1. The largest absolute Gasteiger partial charge is 0.466 e. The summed E-state index contributed by atoms with van der Waals surface area (Å²) < 4.78 is 5.98. The van der Waals surface area contributed by atoms with Gasteiger partial charge in [0, 0.05) is 6.04 Å². The summed E-state index contributed by atoms with van der Waals surface area (Å²) in [4.78, 5) is 16.2. The molecule has 0 bridgehead atoms. The van der Waals surface area contributed by atoms with Crippen LogP contribution in [0, 0.1) is 12.8 Å². The van der Waals surface area contributed by atoms with E-state index in [9.17, 15) is 4.79 Å². The van der Waals surface area contributed by atoms with Gasteiger partial charge in [-0.15, -0.1) is 0 Å². The van der Waals surface area contributed by atoms with Gasteiger partial charge < -0.3 is 10.1 Å². The number of carbonyl (C=O) groups excluding carboxylic acids is 1. The minimum Gasteiger partial charge on any atom is -0.466 e. The van der Waals surface area contributed by atoms with E-state index in [1.54, 1.807) is 0 Å². The van der Waals surface area contributed by atoms with Gasteiger partial charge in [-0.1, -0.05) is 6.42 Å². The van der Waals surface area contributed by atoms with Crippen molar-refractivity contribution in [2.24, 2.45) is 5.92 Å². The molecule has 1 aliphatic rings. The van der Waals surface area contributed by atoms with E-state index in [0.717, 1.165) is 41.7 Å². The van der Waals surface area contributed by atoms with Gasteiger partial charge in [0.25, 0.3) is 0 Å². The Balaban J connectivity index is 1.97. The molecule has 20 heavy (non-hydrogen) atoms. The lowest BCUT2D eigenvalue weighted by molar-refractivity contribution is -0.149. The summed E-state index contributed by atoms with van der Waals surface area (Å²) >= 11 is 3.37. The molecule has 1 aromatic heterocycles. The SMILES string of the molecule is CCOC(=O)C1CCCC(Nc2ccc(Br)nc2C)C1. The number of aryl methyl sites for hydroxylation is 1. The van der Waals surface area contributed by atoms with Crippen LogP contribution in [0.4, 0.5) is 5.69 Å². The topological polar surface area (TPSA) is 51.2 Å². The summed E-state index contributed by atoms with van der Waals surface area (Å²) in [6.07, 6.45) is 3.93. The fourth-order valence-electron chi connectivity index (χ4n) is 2.70. The minimum absolute atomic E-state index is 0.0323. The Morgan fingerprint density at radius 1 is 1.50 bits per heavy atom. The maximum absolute atomic E-state index is 11.8. The number of halogens is 1. The van der Waals surface area contributed by atoms with Crippen molar-refractivity contribution in [3.05, 3.63) is 22.4 Å². The number of hydrogen-bond acceptors (Lipinski definition) is 4. The van der Waals surface area contributed by atoms with Gasteiger partial charge in [0.05, 0.1) is 23.9 Å². The highest BCUT2D eigenvalue weighted by Gasteiger charge is 2.28. The molecule has 0 radical (unpaired) electrons. The van der Waals surface area contributed by atoms with Crippen LogP contribution < -0.4 is 5.32 Å². The van der Waals surface area contributed by atoms with E-state index in [1.807, 2.05) is 26.0 Å². The maximum Gasteiger partial charge on any atom is 0.308 e. The molecule has 0 spiro atoms. The molecule has 0 aromatic carbocycles. The van der Waals surface area contributed by atoms with E-state index in [2.05, 4.69) is 26.2 Å². The Morgan fingerprint density at radius 2 is 2.30 bits per heavy atom.